The Bertz CT molecular complexity index is 485. The summed E-state index contributed by atoms with van der Waals surface area (Å²) in [4.78, 5) is 14.5. The van der Waals surface area contributed by atoms with E-state index < -0.39 is 5.60 Å². The molecular weight excluding hydrogens is 252 g/mol. The minimum atomic E-state index is -0.444. The fraction of sp³-hybridized carbons (Fsp3) is 0.562. The second-order valence-electron chi connectivity index (χ2n) is 5.99. The monoisotopic (exact) mass is 276 g/mol. The van der Waals surface area contributed by atoms with Crippen LogP contribution in [0, 0.1) is 0 Å². The number of ether oxygens (including phenoxy) is 1. The summed E-state index contributed by atoms with van der Waals surface area (Å²) in [5, 5.41) is 0. The number of hydrogen-bond acceptors (Lipinski definition) is 3. The van der Waals surface area contributed by atoms with E-state index >= 15 is 0 Å². The van der Waals surface area contributed by atoms with Crippen molar-refractivity contribution >= 4 is 11.6 Å². The second kappa shape index (κ2) is 5.94. The average Bonchev–Trinajstić information content (AvgIpc) is 2.58. The first-order valence-electron chi connectivity index (χ1n) is 7.14. The lowest BCUT2D eigenvalue weighted by atomic mass is 10.0. The Morgan fingerprint density at radius 2 is 2.15 bits per heavy atom. The number of nitrogens with zero attached hydrogens (tertiary/aromatic N) is 1. The van der Waals surface area contributed by atoms with E-state index in [1.807, 2.05) is 43.0 Å². The molecule has 1 aliphatic rings. The first-order valence-corrected chi connectivity index (χ1v) is 7.14. The molecule has 4 nitrogen and oxygen atoms in total. The van der Waals surface area contributed by atoms with Crippen LogP contribution in [0.15, 0.2) is 24.3 Å². The van der Waals surface area contributed by atoms with Gasteiger partial charge in [0, 0.05) is 25.4 Å². The van der Waals surface area contributed by atoms with Gasteiger partial charge in [-0.3, -0.25) is 4.79 Å². The average molecular weight is 276 g/mol. The van der Waals surface area contributed by atoms with E-state index in [4.69, 9.17) is 10.5 Å². The van der Waals surface area contributed by atoms with Crippen LogP contribution in [-0.4, -0.2) is 25.2 Å². The molecule has 1 heterocycles. The highest BCUT2D eigenvalue weighted by Crippen LogP contribution is 2.32. The van der Waals surface area contributed by atoms with Crippen LogP contribution in [0.2, 0.25) is 0 Å². The Kier molecular flexibility index (Phi) is 4.45. The molecule has 4 heteroatoms. The fourth-order valence-electron chi connectivity index (χ4n) is 2.58. The van der Waals surface area contributed by atoms with Crippen molar-refractivity contribution in [3.05, 3.63) is 29.8 Å². The van der Waals surface area contributed by atoms with Gasteiger partial charge in [0.25, 0.3) is 0 Å². The van der Waals surface area contributed by atoms with E-state index in [1.165, 1.54) is 0 Å². The van der Waals surface area contributed by atoms with Crippen molar-refractivity contribution in [2.24, 2.45) is 5.73 Å². The van der Waals surface area contributed by atoms with Gasteiger partial charge in [-0.15, -0.1) is 0 Å². The molecule has 0 bridgehead atoms. The molecule has 0 spiro atoms. The maximum absolute atomic E-state index is 12.6. The van der Waals surface area contributed by atoms with Gasteiger partial charge in [-0.2, -0.15) is 0 Å². The fourth-order valence-corrected chi connectivity index (χ4v) is 2.58. The van der Waals surface area contributed by atoms with Gasteiger partial charge in [0.2, 0.25) is 5.91 Å². The van der Waals surface area contributed by atoms with Crippen molar-refractivity contribution in [3.8, 4) is 0 Å². The first-order chi connectivity index (χ1) is 9.44. The minimum absolute atomic E-state index is 0.0134. The lowest BCUT2D eigenvalue weighted by molar-refractivity contribution is -0.123. The predicted octanol–water partition coefficient (Wildman–Crippen LogP) is 2.63. The number of methoxy groups -OCH3 is 1. The summed E-state index contributed by atoms with van der Waals surface area (Å²) in [5.74, 6) is 0.0957. The summed E-state index contributed by atoms with van der Waals surface area (Å²) in [6.45, 7) is 4.59. The second-order valence-corrected chi connectivity index (χ2v) is 5.99. The number of hydrogen-bond donors (Lipinski definition) is 1. The van der Waals surface area contributed by atoms with Crippen molar-refractivity contribution in [2.45, 2.75) is 44.8 Å². The van der Waals surface area contributed by atoms with E-state index in [0.29, 0.717) is 6.42 Å². The molecular formula is C16H24N2O2. The maximum atomic E-state index is 12.6. The zero-order valence-electron chi connectivity index (χ0n) is 12.6. The van der Waals surface area contributed by atoms with Crippen LogP contribution in [0.25, 0.3) is 0 Å². The summed E-state index contributed by atoms with van der Waals surface area (Å²) in [6, 6.07) is 7.95. The number of rotatable bonds is 3. The number of fused-ring (bicyclic) bond motifs is 1. The van der Waals surface area contributed by atoms with Crippen LogP contribution >= 0.6 is 0 Å². The minimum Gasteiger partial charge on any atom is -0.378 e. The molecule has 2 rings (SSSR count). The molecule has 0 saturated carbocycles. The Labute approximate surface area is 120 Å². The number of anilines is 1. The smallest absolute Gasteiger partial charge is 0.229 e. The summed E-state index contributed by atoms with van der Waals surface area (Å²) in [5.41, 5.74) is 7.77. The van der Waals surface area contributed by atoms with Crippen LogP contribution in [0.3, 0.4) is 0 Å². The molecule has 0 saturated heterocycles. The van der Waals surface area contributed by atoms with Gasteiger partial charge in [-0.1, -0.05) is 18.2 Å². The molecule has 0 radical (unpaired) electrons. The third kappa shape index (κ3) is 3.19. The molecule has 0 aromatic heterocycles. The zero-order chi connectivity index (χ0) is 14.8. The number of nitrogens with two attached hydrogens (primary N) is 1. The van der Waals surface area contributed by atoms with Crippen LogP contribution in [-0.2, 0) is 9.53 Å². The number of para-hydroxylation sites is 1. The van der Waals surface area contributed by atoms with Crippen molar-refractivity contribution in [2.75, 3.05) is 18.6 Å². The number of carbonyl (C=O) groups is 1. The number of carbonyl (C=O) groups excluding carboxylic acids is 1. The van der Waals surface area contributed by atoms with E-state index in [0.717, 1.165) is 30.6 Å². The third-order valence-electron chi connectivity index (χ3n) is 3.95. The van der Waals surface area contributed by atoms with Gasteiger partial charge in [-0.05, 0) is 38.3 Å². The number of amides is 1. The Morgan fingerprint density at radius 3 is 2.85 bits per heavy atom. The lowest BCUT2D eigenvalue weighted by Gasteiger charge is -2.28. The quantitative estimate of drug-likeness (QED) is 0.923. The van der Waals surface area contributed by atoms with Crippen molar-refractivity contribution in [3.63, 3.8) is 0 Å². The van der Waals surface area contributed by atoms with E-state index in [1.54, 1.807) is 7.11 Å². The Morgan fingerprint density at radius 1 is 1.45 bits per heavy atom. The molecule has 1 aromatic carbocycles. The van der Waals surface area contributed by atoms with Gasteiger partial charge < -0.3 is 15.4 Å². The normalized spacial score (nSPS) is 19.4. The number of benzene rings is 1. The highest BCUT2D eigenvalue weighted by atomic mass is 16.5. The molecule has 1 atom stereocenters. The molecule has 1 unspecified atom stereocenters. The molecule has 110 valence electrons. The highest BCUT2D eigenvalue weighted by molar-refractivity contribution is 5.95. The van der Waals surface area contributed by atoms with Crippen molar-refractivity contribution in [1.82, 2.24) is 0 Å². The summed E-state index contributed by atoms with van der Waals surface area (Å²) in [7, 11) is 1.64. The van der Waals surface area contributed by atoms with Crippen LogP contribution in [0.1, 0.15) is 44.7 Å². The summed E-state index contributed by atoms with van der Waals surface area (Å²) < 4.78 is 5.37. The largest absolute Gasteiger partial charge is 0.378 e. The third-order valence-corrected chi connectivity index (χ3v) is 3.95. The summed E-state index contributed by atoms with van der Waals surface area (Å²) in [6.07, 6.45) is 2.20. The van der Waals surface area contributed by atoms with Crippen LogP contribution in [0.4, 0.5) is 5.69 Å². The van der Waals surface area contributed by atoms with Gasteiger partial charge in [0.15, 0.2) is 0 Å². The van der Waals surface area contributed by atoms with Crippen molar-refractivity contribution < 1.29 is 9.53 Å². The Balaban J connectivity index is 2.28. The SMILES string of the molecule is COC(C)(C)CC(=O)N1CCCC(N)c2ccccc21. The molecule has 2 N–H and O–H groups in total. The van der Waals surface area contributed by atoms with Gasteiger partial charge in [0.05, 0.1) is 12.0 Å². The molecule has 0 aliphatic carbocycles. The van der Waals surface area contributed by atoms with E-state index in [2.05, 4.69) is 0 Å². The van der Waals surface area contributed by atoms with Crippen LogP contribution in [0.5, 0.6) is 0 Å². The van der Waals surface area contributed by atoms with Gasteiger partial charge >= 0.3 is 0 Å². The molecule has 1 aliphatic heterocycles. The van der Waals surface area contributed by atoms with Crippen molar-refractivity contribution in [1.29, 1.82) is 0 Å². The topological polar surface area (TPSA) is 55.6 Å². The maximum Gasteiger partial charge on any atom is 0.229 e. The highest BCUT2D eigenvalue weighted by Gasteiger charge is 2.29. The van der Waals surface area contributed by atoms with Crippen LogP contribution < -0.4 is 10.6 Å². The summed E-state index contributed by atoms with van der Waals surface area (Å²) >= 11 is 0. The van der Waals surface area contributed by atoms with Gasteiger partial charge in [-0.25, -0.2) is 0 Å². The lowest BCUT2D eigenvalue weighted by Crippen LogP contribution is -2.38. The molecule has 20 heavy (non-hydrogen) atoms. The molecule has 0 fully saturated rings. The molecule has 1 amide bonds. The first kappa shape index (κ1) is 15.0. The van der Waals surface area contributed by atoms with Gasteiger partial charge in [0.1, 0.15) is 0 Å². The standard InChI is InChI=1S/C16H24N2O2/c1-16(2,20-3)11-15(19)18-10-6-8-13(17)12-7-4-5-9-14(12)18/h4-5,7,9,13H,6,8,10-11,17H2,1-3H3. The Hall–Kier alpha value is -1.39. The van der Waals surface area contributed by atoms with E-state index in [9.17, 15) is 4.79 Å². The molecule has 1 aromatic rings. The zero-order valence-corrected chi connectivity index (χ0v) is 12.6. The predicted molar refractivity (Wildman–Crippen MR) is 80.7 cm³/mol. The van der Waals surface area contributed by atoms with E-state index in [-0.39, 0.29) is 11.9 Å².